The van der Waals surface area contributed by atoms with E-state index in [2.05, 4.69) is 143 Å². The third kappa shape index (κ3) is 71.6. The van der Waals surface area contributed by atoms with Gasteiger partial charge in [0.25, 0.3) is 0 Å². The minimum absolute atomic E-state index is 0.0315. The second-order valence-corrected chi connectivity index (χ2v) is 28.1. The quantitative estimate of drug-likeness (QED) is 0.0169. The predicted molar refractivity (Wildman–Crippen MR) is 408 cm³/mol. The molecule has 5 unspecified atom stereocenters. The molecule has 0 radical (unpaired) electrons. The molecular weight excluding hydrogens is 1310 g/mol. The molecule has 0 bridgehead atoms. The Labute approximate surface area is 605 Å². The smallest absolute Gasteiger partial charge is 0.462 e. The summed E-state index contributed by atoms with van der Waals surface area (Å²) < 4.78 is 68.4. The van der Waals surface area contributed by atoms with E-state index in [0.717, 1.165) is 167 Å². The summed E-state index contributed by atoms with van der Waals surface area (Å²) in [5, 5.41) is 10.6. The van der Waals surface area contributed by atoms with Crippen molar-refractivity contribution in [3.63, 3.8) is 0 Å². The lowest BCUT2D eigenvalue weighted by atomic mass is 10.1. The molecule has 572 valence electrons. The molecule has 5 atom stereocenters. The van der Waals surface area contributed by atoms with Crippen LogP contribution in [0, 0.1) is 0 Å². The number of ether oxygens (including phenoxy) is 4. The zero-order valence-electron chi connectivity index (χ0n) is 62.3. The van der Waals surface area contributed by atoms with Crippen LogP contribution in [-0.4, -0.2) is 96.7 Å². The van der Waals surface area contributed by atoms with Crippen molar-refractivity contribution in [2.45, 2.75) is 316 Å². The maximum Gasteiger partial charge on any atom is 0.472 e. The molecule has 19 heteroatoms. The molecule has 0 fully saturated rings. The number of carbonyl (C=O) groups is 4. The molecule has 3 N–H and O–H groups in total. The van der Waals surface area contributed by atoms with Gasteiger partial charge >= 0.3 is 39.5 Å². The summed E-state index contributed by atoms with van der Waals surface area (Å²) in [6.07, 6.45) is 80.3. The standard InChI is InChI=1S/C81H136O17P2/c1-5-9-13-17-21-25-29-33-35-36-37-38-40-44-46-50-54-58-62-66-79(84)92-72-77(98-81(86)68-64-60-56-52-48-42-32-28-24-20-16-12-8-4)74-96-100(89,90)94-70-75(82)69-93-99(87,88)95-73-76(97-80(85)67-63-59-55-51-47-41-31-27-23-19-15-11-7-3)71-91-78(83)65-61-57-53-49-45-43-39-34-30-26-22-18-14-10-6-2/h9,13,15,19,21-22,25-28,31-35,37-39,44,46,54,58,75-77,82H,5-8,10-12,14,16-18,20,23-24,29-30,36,40-43,45,47-53,55-57,59-74H2,1-4H3,(H,87,88)(H,89,90)/b13-9-,19-15-,25-21-,26-22-,31-27-,32-28-,35-33-,38-37-,39-34-,46-44-,58-54-. The molecule has 0 aromatic heterocycles. The molecule has 0 aliphatic rings. The van der Waals surface area contributed by atoms with Crippen molar-refractivity contribution in [2.24, 2.45) is 0 Å². The highest BCUT2D eigenvalue weighted by Crippen LogP contribution is 2.45. The second-order valence-electron chi connectivity index (χ2n) is 25.2. The fraction of sp³-hybridized carbons (Fsp3) is 0.679. The van der Waals surface area contributed by atoms with Gasteiger partial charge in [-0.05, 0) is 148 Å². The number of esters is 4. The van der Waals surface area contributed by atoms with Crippen LogP contribution in [0.2, 0.25) is 0 Å². The van der Waals surface area contributed by atoms with Crippen LogP contribution in [0.15, 0.2) is 134 Å². The van der Waals surface area contributed by atoms with Crippen LogP contribution in [0.5, 0.6) is 0 Å². The predicted octanol–water partition coefficient (Wildman–Crippen LogP) is 22.1. The molecule has 0 spiro atoms. The Kier molecular flexibility index (Phi) is 69.1. The van der Waals surface area contributed by atoms with Crippen molar-refractivity contribution < 1.29 is 80.2 Å². The monoisotopic (exact) mass is 1440 g/mol. The number of hydrogen-bond acceptors (Lipinski definition) is 15. The first-order valence-corrected chi connectivity index (χ1v) is 41.4. The fourth-order valence-corrected chi connectivity index (χ4v) is 11.3. The van der Waals surface area contributed by atoms with Crippen LogP contribution in [0.25, 0.3) is 0 Å². The van der Waals surface area contributed by atoms with Crippen molar-refractivity contribution in [3.05, 3.63) is 134 Å². The molecule has 0 aromatic rings. The van der Waals surface area contributed by atoms with Crippen LogP contribution in [0.4, 0.5) is 0 Å². The first-order valence-electron chi connectivity index (χ1n) is 38.4. The fourth-order valence-electron chi connectivity index (χ4n) is 9.72. The highest BCUT2D eigenvalue weighted by Gasteiger charge is 2.30. The number of unbranched alkanes of at least 4 members (excludes halogenated alkanes) is 23. The van der Waals surface area contributed by atoms with Gasteiger partial charge in [-0.1, -0.05) is 258 Å². The van der Waals surface area contributed by atoms with E-state index in [1.807, 2.05) is 18.2 Å². The molecular formula is C81H136O17P2. The Morgan fingerprint density at radius 2 is 0.560 bits per heavy atom. The third-order valence-electron chi connectivity index (χ3n) is 15.6. The summed E-state index contributed by atoms with van der Waals surface area (Å²) in [5.41, 5.74) is 0. The van der Waals surface area contributed by atoms with E-state index in [1.54, 1.807) is 0 Å². The van der Waals surface area contributed by atoms with Gasteiger partial charge in [-0.15, -0.1) is 0 Å². The molecule has 17 nitrogen and oxygen atoms in total. The van der Waals surface area contributed by atoms with Crippen LogP contribution >= 0.6 is 15.6 Å². The van der Waals surface area contributed by atoms with Crippen molar-refractivity contribution in [2.75, 3.05) is 39.6 Å². The first kappa shape index (κ1) is 95.2. The van der Waals surface area contributed by atoms with E-state index in [0.29, 0.717) is 32.1 Å². The average Bonchev–Trinajstić information content (AvgIpc) is 0.935. The van der Waals surface area contributed by atoms with Gasteiger partial charge in [-0.3, -0.25) is 37.3 Å². The Bertz CT molecular complexity index is 2420. The molecule has 0 aromatic carbocycles. The molecule has 0 rings (SSSR count). The molecule has 100 heavy (non-hydrogen) atoms. The van der Waals surface area contributed by atoms with E-state index in [4.69, 9.17) is 37.0 Å². The first-order chi connectivity index (χ1) is 48.7. The Hall–Kier alpha value is -4.80. The van der Waals surface area contributed by atoms with E-state index in [1.165, 1.54) is 44.9 Å². The van der Waals surface area contributed by atoms with Crippen molar-refractivity contribution in [3.8, 4) is 0 Å². The van der Waals surface area contributed by atoms with Crippen LogP contribution in [-0.2, 0) is 65.4 Å². The van der Waals surface area contributed by atoms with Gasteiger partial charge < -0.3 is 33.8 Å². The molecule has 0 heterocycles. The number of carbonyl (C=O) groups excluding carboxylic acids is 4. The molecule has 0 amide bonds. The van der Waals surface area contributed by atoms with Crippen molar-refractivity contribution >= 4 is 39.5 Å². The highest BCUT2D eigenvalue weighted by molar-refractivity contribution is 7.47. The summed E-state index contributed by atoms with van der Waals surface area (Å²) in [6, 6.07) is 0. The normalized spacial score (nSPS) is 14.7. The number of aliphatic hydroxyl groups excluding tert-OH is 1. The lowest BCUT2D eigenvalue weighted by Gasteiger charge is -2.21. The Morgan fingerprint density at radius 1 is 0.290 bits per heavy atom. The van der Waals surface area contributed by atoms with Crippen LogP contribution < -0.4 is 0 Å². The number of phosphoric ester groups is 2. The SMILES string of the molecule is CC/C=C\C/C=C\C/C=C\C/C=C\C/C=C\C/C=C\CCC(=O)OCC(COP(=O)(O)OCC(O)COP(=O)(O)OCC(COC(=O)CCCCCCC/C=C\C/C=C\CCCCC)OC(=O)CCCCCCC/C=C\C/C=C\CCC)OC(=O)CCCCCCC/C=C\CCCCCC. The molecule has 0 saturated carbocycles. The van der Waals surface area contributed by atoms with Gasteiger partial charge in [0.2, 0.25) is 0 Å². The largest absolute Gasteiger partial charge is 0.472 e. The highest BCUT2D eigenvalue weighted by atomic mass is 31.2. The zero-order valence-corrected chi connectivity index (χ0v) is 64.1. The van der Waals surface area contributed by atoms with Gasteiger partial charge in [-0.25, -0.2) is 9.13 Å². The van der Waals surface area contributed by atoms with Crippen LogP contribution in [0.1, 0.15) is 297 Å². The van der Waals surface area contributed by atoms with Crippen LogP contribution in [0.3, 0.4) is 0 Å². The van der Waals surface area contributed by atoms with Gasteiger partial charge in [0, 0.05) is 25.7 Å². The zero-order chi connectivity index (χ0) is 73.2. The topological polar surface area (TPSA) is 237 Å². The van der Waals surface area contributed by atoms with Gasteiger partial charge in [0.05, 0.1) is 26.4 Å². The maximum absolute atomic E-state index is 13.1. The summed E-state index contributed by atoms with van der Waals surface area (Å²) in [5.74, 6) is -2.32. The average molecular weight is 1440 g/mol. The van der Waals surface area contributed by atoms with Gasteiger partial charge in [0.1, 0.15) is 19.3 Å². The van der Waals surface area contributed by atoms with E-state index in [-0.39, 0.29) is 25.7 Å². The molecule has 0 aliphatic carbocycles. The number of rotatable bonds is 71. The maximum atomic E-state index is 13.1. The Balaban J connectivity index is 5.42. The van der Waals surface area contributed by atoms with E-state index < -0.39 is 97.5 Å². The third-order valence-corrected chi connectivity index (χ3v) is 17.5. The molecule has 0 aliphatic heterocycles. The number of hydrogen-bond donors (Lipinski definition) is 3. The summed E-state index contributed by atoms with van der Waals surface area (Å²) in [6.45, 7) is 4.52. The van der Waals surface area contributed by atoms with Crippen molar-refractivity contribution in [1.29, 1.82) is 0 Å². The number of phosphoric acid groups is 2. The van der Waals surface area contributed by atoms with Gasteiger partial charge in [-0.2, -0.15) is 0 Å². The minimum Gasteiger partial charge on any atom is -0.462 e. The summed E-state index contributed by atoms with van der Waals surface area (Å²) >= 11 is 0. The lowest BCUT2D eigenvalue weighted by Crippen LogP contribution is -2.30. The molecule has 0 saturated heterocycles. The van der Waals surface area contributed by atoms with Crippen molar-refractivity contribution in [1.82, 2.24) is 0 Å². The minimum atomic E-state index is -5.00. The Morgan fingerprint density at radius 3 is 0.930 bits per heavy atom. The second kappa shape index (κ2) is 72.5. The number of allylic oxidation sites excluding steroid dienone is 22. The number of aliphatic hydroxyl groups is 1. The lowest BCUT2D eigenvalue weighted by molar-refractivity contribution is -0.161. The van der Waals surface area contributed by atoms with E-state index >= 15 is 0 Å². The summed E-state index contributed by atoms with van der Waals surface area (Å²) in [4.78, 5) is 72.8. The van der Waals surface area contributed by atoms with E-state index in [9.17, 15) is 43.2 Å². The van der Waals surface area contributed by atoms with Gasteiger partial charge in [0.15, 0.2) is 12.2 Å². The summed E-state index contributed by atoms with van der Waals surface area (Å²) in [7, 11) is -9.98.